The molecule has 0 saturated heterocycles. The van der Waals surface area contributed by atoms with Crippen LogP contribution in [0.2, 0.25) is 0 Å². The van der Waals surface area contributed by atoms with E-state index in [2.05, 4.69) is 10.3 Å². The van der Waals surface area contributed by atoms with Crippen molar-refractivity contribution in [2.45, 2.75) is 0 Å². The molecule has 0 aliphatic heterocycles. The average molecular weight is 253 g/mol. The third-order valence-corrected chi connectivity index (χ3v) is 2.80. The maximum absolute atomic E-state index is 12.2. The van der Waals surface area contributed by atoms with Crippen molar-refractivity contribution in [2.24, 2.45) is 0 Å². The number of nitrogen functional groups attached to an aromatic ring is 1. The first kappa shape index (κ1) is 11.3. The highest BCUT2D eigenvalue weighted by molar-refractivity contribution is 6.12. The quantitative estimate of drug-likeness (QED) is 0.735. The van der Waals surface area contributed by atoms with Gasteiger partial charge in [-0.3, -0.25) is 4.79 Å². The molecule has 2 aromatic heterocycles. The van der Waals surface area contributed by atoms with Gasteiger partial charge in [-0.15, -0.1) is 0 Å². The fourth-order valence-electron chi connectivity index (χ4n) is 1.85. The molecule has 0 radical (unpaired) electrons. The zero-order chi connectivity index (χ0) is 13.2. The van der Waals surface area contributed by atoms with Crippen molar-refractivity contribution in [1.82, 2.24) is 4.98 Å². The lowest BCUT2D eigenvalue weighted by atomic mass is 10.1. The van der Waals surface area contributed by atoms with E-state index >= 15 is 0 Å². The molecule has 0 unspecified atom stereocenters. The summed E-state index contributed by atoms with van der Waals surface area (Å²) in [5.41, 5.74) is 7.28. The van der Waals surface area contributed by atoms with E-state index in [4.69, 9.17) is 10.2 Å². The van der Waals surface area contributed by atoms with Gasteiger partial charge in [-0.2, -0.15) is 0 Å². The Hall–Kier alpha value is -2.82. The number of pyridine rings is 1. The number of nitrogens with zero attached hydrogens (tertiary/aromatic N) is 1. The fourth-order valence-corrected chi connectivity index (χ4v) is 1.85. The number of furan rings is 1. The summed E-state index contributed by atoms with van der Waals surface area (Å²) in [7, 11) is 0. The maximum atomic E-state index is 12.2. The summed E-state index contributed by atoms with van der Waals surface area (Å²) in [5, 5.41) is 3.43. The van der Waals surface area contributed by atoms with Crippen LogP contribution >= 0.6 is 0 Å². The van der Waals surface area contributed by atoms with Crippen LogP contribution in [0, 0.1) is 0 Å². The average Bonchev–Trinajstić information content (AvgIpc) is 2.85. The minimum absolute atomic E-state index is 0.296. The topological polar surface area (TPSA) is 81.1 Å². The van der Waals surface area contributed by atoms with Crippen molar-refractivity contribution in [3.63, 3.8) is 0 Å². The van der Waals surface area contributed by atoms with Crippen molar-refractivity contribution in [3.05, 3.63) is 54.4 Å². The Bertz CT molecular complexity index is 749. The second kappa shape index (κ2) is 4.45. The van der Waals surface area contributed by atoms with Crippen LogP contribution in [0.1, 0.15) is 10.4 Å². The molecule has 19 heavy (non-hydrogen) atoms. The first-order valence-electron chi connectivity index (χ1n) is 5.74. The minimum Gasteiger partial charge on any atom is -0.463 e. The Balaban J connectivity index is 1.95. The molecule has 94 valence electrons. The molecule has 3 aromatic rings. The number of hydrogen-bond donors (Lipinski definition) is 2. The third kappa shape index (κ3) is 2.01. The highest BCUT2D eigenvalue weighted by atomic mass is 16.3. The van der Waals surface area contributed by atoms with Crippen LogP contribution in [-0.4, -0.2) is 10.9 Å². The molecule has 0 bridgehead atoms. The SMILES string of the molecule is Nc1cccnc1NC(=O)c1coc2ccccc12. The number of aromatic nitrogens is 1. The summed E-state index contributed by atoms with van der Waals surface area (Å²) in [5.74, 6) is 0.0492. The Labute approximate surface area is 109 Å². The molecule has 1 amide bonds. The second-order valence-electron chi connectivity index (χ2n) is 4.04. The number of nitrogens with one attached hydrogen (secondary N) is 1. The van der Waals surface area contributed by atoms with E-state index in [0.717, 1.165) is 5.39 Å². The van der Waals surface area contributed by atoms with E-state index in [9.17, 15) is 4.79 Å². The lowest BCUT2D eigenvalue weighted by Crippen LogP contribution is -2.13. The summed E-state index contributed by atoms with van der Waals surface area (Å²) >= 11 is 0. The van der Waals surface area contributed by atoms with Crippen LogP contribution in [0.15, 0.2) is 53.3 Å². The minimum atomic E-state index is -0.296. The van der Waals surface area contributed by atoms with E-state index in [1.54, 1.807) is 24.4 Å². The predicted molar refractivity (Wildman–Crippen MR) is 72.8 cm³/mol. The summed E-state index contributed by atoms with van der Waals surface area (Å²) in [6.07, 6.45) is 3.00. The maximum Gasteiger partial charge on any atom is 0.260 e. The molecule has 1 aromatic carbocycles. The predicted octanol–water partition coefficient (Wildman–Crippen LogP) is 2.66. The van der Waals surface area contributed by atoms with Crippen LogP contribution in [0.3, 0.4) is 0 Å². The molecule has 2 heterocycles. The van der Waals surface area contributed by atoms with Gasteiger partial charge in [0.1, 0.15) is 11.8 Å². The van der Waals surface area contributed by atoms with E-state index in [0.29, 0.717) is 22.7 Å². The molecule has 5 heteroatoms. The smallest absolute Gasteiger partial charge is 0.260 e. The standard InChI is InChI=1S/C14H11N3O2/c15-11-5-3-7-16-13(11)17-14(18)10-8-19-12-6-2-1-4-9(10)12/h1-8H,15H2,(H,16,17,18). The first-order valence-corrected chi connectivity index (χ1v) is 5.74. The van der Waals surface area contributed by atoms with Crippen LogP contribution < -0.4 is 11.1 Å². The number of fused-ring (bicyclic) bond motifs is 1. The number of carbonyl (C=O) groups is 1. The van der Waals surface area contributed by atoms with Gasteiger partial charge in [0.25, 0.3) is 5.91 Å². The van der Waals surface area contributed by atoms with Gasteiger partial charge in [-0.05, 0) is 18.2 Å². The van der Waals surface area contributed by atoms with Gasteiger partial charge in [0.2, 0.25) is 0 Å². The second-order valence-corrected chi connectivity index (χ2v) is 4.04. The van der Waals surface area contributed by atoms with Crippen molar-refractivity contribution in [2.75, 3.05) is 11.1 Å². The van der Waals surface area contributed by atoms with Gasteiger partial charge in [0.15, 0.2) is 5.82 Å². The number of hydrogen-bond acceptors (Lipinski definition) is 4. The van der Waals surface area contributed by atoms with Crippen LogP contribution in [0.5, 0.6) is 0 Å². The molecule has 0 aliphatic carbocycles. The van der Waals surface area contributed by atoms with Crippen molar-refractivity contribution >= 4 is 28.4 Å². The zero-order valence-electron chi connectivity index (χ0n) is 9.96. The third-order valence-electron chi connectivity index (χ3n) is 2.80. The molecular weight excluding hydrogens is 242 g/mol. The summed E-state index contributed by atoms with van der Waals surface area (Å²) in [4.78, 5) is 16.2. The largest absolute Gasteiger partial charge is 0.463 e. The normalized spacial score (nSPS) is 10.5. The highest BCUT2D eigenvalue weighted by Gasteiger charge is 2.14. The van der Waals surface area contributed by atoms with Crippen molar-refractivity contribution in [3.8, 4) is 0 Å². The lowest BCUT2D eigenvalue weighted by molar-refractivity contribution is 0.102. The first-order chi connectivity index (χ1) is 9.25. The Morgan fingerprint density at radius 1 is 1.21 bits per heavy atom. The summed E-state index contributed by atoms with van der Waals surface area (Å²) in [6, 6.07) is 10.7. The van der Waals surface area contributed by atoms with Gasteiger partial charge in [-0.25, -0.2) is 4.98 Å². The summed E-state index contributed by atoms with van der Waals surface area (Å²) in [6.45, 7) is 0. The van der Waals surface area contributed by atoms with Crippen molar-refractivity contribution in [1.29, 1.82) is 0 Å². The number of rotatable bonds is 2. The Kier molecular flexibility index (Phi) is 2.64. The molecule has 0 saturated carbocycles. The molecule has 0 atom stereocenters. The zero-order valence-corrected chi connectivity index (χ0v) is 9.96. The molecular formula is C14H11N3O2. The molecule has 5 nitrogen and oxygen atoms in total. The van der Waals surface area contributed by atoms with Gasteiger partial charge < -0.3 is 15.5 Å². The number of carbonyl (C=O) groups excluding carboxylic acids is 1. The number of anilines is 2. The number of benzene rings is 1. The van der Waals surface area contributed by atoms with Crippen LogP contribution in [0.25, 0.3) is 11.0 Å². The lowest BCUT2D eigenvalue weighted by Gasteiger charge is -2.05. The van der Waals surface area contributed by atoms with E-state index in [1.807, 2.05) is 18.2 Å². The number of para-hydroxylation sites is 1. The van der Waals surface area contributed by atoms with Gasteiger partial charge in [0.05, 0.1) is 11.3 Å². The number of amides is 1. The fraction of sp³-hybridized carbons (Fsp3) is 0. The monoisotopic (exact) mass is 253 g/mol. The Morgan fingerprint density at radius 3 is 2.89 bits per heavy atom. The summed E-state index contributed by atoms with van der Waals surface area (Å²) < 4.78 is 5.33. The molecule has 3 rings (SSSR count). The Morgan fingerprint density at radius 2 is 2.05 bits per heavy atom. The van der Waals surface area contributed by atoms with Gasteiger partial charge in [0, 0.05) is 11.6 Å². The number of nitrogens with two attached hydrogens (primary N) is 1. The molecule has 0 spiro atoms. The van der Waals surface area contributed by atoms with Gasteiger partial charge >= 0.3 is 0 Å². The van der Waals surface area contributed by atoms with E-state index in [1.165, 1.54) is 6.26 Å². The van der Waals surface area contributed by atoms with Crippen LogP contribution in [0.4, 0.5) is 11.5 Å². The van der Waals surface area contributed by atoms with Crippen LogP contribution in [-0.2, 0) is 0 Å². The molecule has 0 fully saturated rings. The van der Waals surface area contributed by atoms with E-state index in [-0.39, 0.29) is 5.91 Å². The van der Waals surface area contributed by atoms with Crippen molar-refractivity contribution < 1.29 is 9.21 Å². The van der Waals surface area contributed by atoms with E-state index < -0.39 is 0 Å². The molecule has 0 aliphatic rings. The molecule has 3 N–H and O–H groups in total. The highest BCUT2D eigenvalue weighted by Crippen LogP contribution is 2.22. The van der Waals surface area contributed by atoms with Gasteiger partial charge in [-0.1, -0.05) is 18.2 Å².